The molecule has 0 amide bonds. The minimum Gasteiger partial charge on any atom is -0.494 e. The zero-order valence-electron chi connectivity index (χ0n) is 13.5. The summed E-state index contributed by atoms with van der Waals surface area (Å²) in [6.45, 7) is 2.57. The molecule has 0 aromatic heterocycles. The summed E-state index contributed by atoms with van der Waals surface area (Å²) in [5.74, 6) is 2.08. The van der Waals surface area contributed by atoms with Crippen molar-refractivity contribution in [3.8, 4) is 5.75 Å². The van der Waals surface area contributed by atoms with Crippen molar-refractivity contribution in [3.63, 3.8) is 0 Å². The van der Waals surface area contributed by atoms with Crippen LogP contribution in [0.2, 0.25) is 0 Å². The fraction of sp³-hybridized carbons (Fsp3) is 0.684. The van der Waals surface area contributed by atoms with Gasteiger partial charge in [-0.2, -0.15) is 0 Å². The van der Waals surface area contributed by atoms with Gasteiger partial charge in [-0.15, -0.1) is 0 Å². The van der Waals surface area contributed by atoms with Crippen molar-refractivity contribution >= 4 is 0 Å². The summed E-state index contributed by atoms with van der Waals surface area (Å²) in [6, 6.07) is 4.27. The molecule has 0 aliphatic heterocycles. The van der Waals surface area contributed by atoms with Gasteiger partial charge in [-0.05, 0) is 80.0 Å². The van der Waals surface area contributed by atoms with Crippen molar-refractivity contribution in [1.29, 1.82) is 0 Å². The lowest BCUT2D eigenvalue weighted by Crippen LogP contribution is -2.41. The Labute approximate surface area is 132 Å². The van der Waals surface area contributed by atoms with Crippen LogP contribution in [0.3, 0.4) is 0 Å². The molecule has 2 saturated carbocycles. The summed E-state index contributed by atoms with van der Waals surface area (Å²) in [5.41, 5.74) is 2.48. The van der Waals surface area contributed by atoms with E-state index in [0.29, 0.717) is 11.8 Å². The van der Waals surface area contributed by atoms with Crippen molar-refractivity contribution in [2.45, 2.75) is 51.0 Å². The second-order valence-corrected chi connectivity index (χ2v) is 7.49. The Kier molecular flexibility index (Phi) is 3.85. The van der Waals surface area contributed by atoms with Gasteiger partial charge in [0.1, 0.15) is 0 Å². The minimum atomic E-state index is -0.215. The van der Waals surface area contributed by atoms with Crippen LogP contribution in [-0.4, -0.2) is 31.1 Å². The van der Waals surface area contributed by atoms with E-state index in [1.165, 1.54) is 56.3 Å². The zero-order chi connectivity index (χ0) is 15.1. The average Bonchev–Trinajstić information content (AvgIpc) is 3.41. The third-order valence-electron chi connectivity index (χ3n) is 5.57. The van der Waals surface area contributed by atoms with E-state index in [1.54, 1.807) is 13.2 Å². The Hall–Kier alpha value is -1.09. The summed E-state index contributed by atoms with van der Waals surface area (Å²) in [5, 5.41) is 0. The highest BCUT2D eigenvalue weighted by Crippen LogP contribution is 2.37. The zero-order valence-corrected chi connectivity index (χ0v) is 13.5. The van der Waals surface area contributed by atoms with Gasteiger partial charge in [-0.25, -0.2) is 4.39 Å². The number of aryl methyl sites for hydroxylation is 1. The summed E-state index contributed by atoms with van der Waals surface area (Å²) < 4.78 is 19.0. The predicted octanol–water partition coefficient (Wildman–Crippen LogP) is 3.81. The van der Waals surface area contributed by atoms with Gasteiger partial charge in [0.15, 0.2) is 11.6 Å². The Bertz CT molecular complexity index is 537. The molecule has 2 fully saturated rings. The summed E-state index contributed by atoms with van der Waals surface area (Å²) in [4.78, 5) is 2.76. The third kappa shape index (κ3) is 3.15. The number of rotatable bonds is 6. The molecule has 120 valence electrons. The topological polar surface area (TPSA) is 12.5 Å². The molecule has 1 atom stereocenters. The molecule has 0 bridgehead atoms. The van der Waals surface area contributed by atoms with E-state index in [9.17, 15) is 4.39 Å². The third-order valence-corrected chi connectivity index (χ3v) is 5.57. The number of methoxy groups -OCH3 is 1. The number of halogens is 1. The number of benzene rings is 1. The van der Waals surface area contributed by atoms with Crippen molar-refractivity contribution in [2.75, 3.05) is 20.2 Å². The lowest BCUT2D eigenvalue weighted by atomic mass is 9.87. The molecule has 0 N–H and O–H groups in total. The molecular weight excluding hydrogens is 277 g/mol. The van der Waals surface area contributed by atoms with Gasteiger partial charge < -0.3 is 4.74 Å². The lowest BCUT2D eigenvalue weighted by Gasteiger charge is -2.35. The fourth-order valence-corrected chi connectivity index (χ4v) is 3.84. The Balaban J connectivity index is 1.50. The molecule has 22 heavy (non-hydrogen) atoms. The van der Waals surface area contributed by atoms with Gasteiger partial charge in [-0.3, -0.25) is 4.90 Å². The van der Waals surface area contributed by atoms with E-state index in [-0.39, 0.29) is 5.82 Å². The molecule has 0 heterocycles. The van der Waals surface area contributed by atoms with Crippen molar-refractivity contribution in [2.24, 2.45) is 11.8 Å². The molecular formula is C19H26FNO. The molecule has 4 rings (SSSR count). The van der Waals surface area contributed by atoms with Crippen LogP contribution in [0.4, 0.5) is 4.39 Å². The normalized spacial score (nSPS) is 24.4. The number of nitrogens with zero attached hydrogens (tertiary/aromatic N) is 1. The Morgan fingerprint density at radius 2 is 1.73 bits per heavy atom. The van der Waals surface area contributed by atoms with Crippen molar-refractivity contribution in [1.82, 2.24) is 4.90 Å². The van der Waals surface area contributed by atoms with Crippen LogP contribution in [0.1, 0.15) is 43.2 Å². The molecule has 3 heteroatoms. The van der Waals surface area contributed by atoms with Gasteiger partial charge in [-0.1, -0.05) is 0 Å². The second-order valence-electron chi connectivity index (χ2n) is 7.49. The van der Waals surface area contributed by atoms with Gasteiger partial charge >= 0.3 is 0 Å². The summed E-state index contributed by atoms with van der Waals surface area (Å²) in [6.07, 6.45) is 8.93. The van der Waals surface area contributed by atoms with E-state index in [0.717, 1.165) is 24.7 Å². The highest BCUT2D eigenvalue weighted by atomic mass is 19.1. The summed E-state index contributed by atoms with van der Waals surface area (Å²) in [7, 11) is 1.55. The Morgan fingerprint density at radius 1 is 1.05 bits per heavy atom. The van der Waals surface area contributed by atoms with Crippen LogP contribution in [0.25, 0.3) is 0 Å². The van der Waals surface area contributed by atoms with Crippen LogP contribution < -0.4 is 4.74 Å². The van der Waals surface area contributed by atoms with Gasteiger partial charge in [0.25, 0.3) is 0 Å². The van der Waals surface area contributed by atoms with Crippen molar-refractivity contribution in [3.05, 3.63) is 29.1 Å². The first-order valence-corrected chi connectivity index (χ1v) is 8.82. The first-order valence-electron chi connectivity index (χ1n) is 8.82. The molecule has 1 aromatic rings. The van der Waals surface area contributed by atoms with E-state index >= 15 is 0 Å². The molecule has 0 saturated heterocycles. The maximum Gasteiger partial charge on any atom is 0.165 e. The van der Waals surface area contributed by atoms with Crippen LogP contribution in [0.15, 0.2) is 12.1 Å². The van der Waals surface area contributed by atoms with Gasteiger partial charge in [0.2, 0.25) is 0 Å². The molecule has 0 radical (unpaired) electrons. The van der Waals surface area contributed by atoms with Crippen molar-refractivity contribution < 1.29 is 9.13 Å². The van der Waals surface area contributed by atoms with Crippen LogP contribution >= 0.6 is 0 Å². The monoisotopic (exact) mass is 303 g/mol. The first kappa shape index (κ1) is 14.5. The lowest BCUT2D eigenvalue weighted by molar-refractivity contribution is 0.164. The van der Waals surface area contributed by atoms with Crippen LogP contribution in [0.5, 0.6) is 5.75 Å². The molecule has 3 aliphatic rings. The SMILES string of the molecule is COc1cc2c(cc1F)CCC(N(CC1CC1)CC1CC1)C2. The van der Waals surface area contributed by atoms with Crippen LogP contribution in [0, 0.1) is 17.7 Å². The number of fused-ring (bicyclic) bond motifs is 1. The van der Waals surface area contributed by atoms with E-state index < -0.39 is 0 Å². The van der Waals surface area contributed by atoms with E-state index in [2.05, 4.69) is 4.90 Å². The smallest absolute Gasteiger partial charge is 0.165 e. The molecule has 2 nitrogen and oxygen atoms in total. The van der Waals surface area contributed by atoms with E-state index in [1.807, 2.05) is 6.07 Å². The maximum absolute atomic E-state index is 13.9. The minimum absolute atomic E-state index is 0.215. The van der Waals surface area contributed by atoms with Gasteiger partial charge in [0, 0.05) is 19.1 Å². The fourth-order valence-electron chi connectivity index (χ4n) is 3.84. The van der Waals surface area contributed by atoms with Gasteiger partial charge in [0.05, 0.1) is 7.11 Å². The highest BCUT2D eigenvalue weighted by molar-refractivity contribution is 5.39. The molecule has 0 spiro atoms. The Morgan fingerprint density at radius 3 is 2.32 bits per heavy atom. The number of hydrogen-bond donors (Lipinski definition) is 0. The molecule has 1 unspecified atom stereocenters. The largest absolute Gasteiger partial charge is 0.494 e. The number of ether oxygens (including phenoxy) is 1. The first-order chi connectivity index (χ1) is 10.7. The molecule has 1 aromatic carbocycles. The van der Waals surface area contributed by atoms with Crippen LogP contribution in [-0.2, 0) is 12.8 Å². The second kappa shape index (κ2) is 5.84. The molecule has 3 aliphatic carbocycles. The summed E-state index contributed by atoms with van der Waals surface area (Å²) >= 11 is 0. The number of hydrogen-bond acceptors (Lipinski definition) is 2. The highest BCUT2D eigenvalue weighted by Gasteiger charge is 2.34. The average molecular weight is 303 g/mol. The maximum atomic E-state index is 13.9. The van der Waals surface area contributed by atoms with E-state index in [4.69, 9.17) is 4.74 Å². The quantitative estimate of drug-likeness (QED) is 0.792. The predicted molar refractivity (Wildman–Crippen MR) is 85.8 cm³/mol. The standard InChI is InChI=1S/C19H26FNO/c1-22-19-10-16-8-17(7-6-15(16)9-18(19)20)21(11-13-2-3-13)12-14-4-5-14/h9-10,13-14,17H,2-8,11-12H2,1H3.